The Hall–Kier alpha value is -1.62. The fourth-order valence-electron chi connectivity index (χ4n) is 0.894. The molecule has 0 fully saturated rings. The number of terminal acetylenes is 1. The molecule has 0 rings (SSSR count). The third-order valence-corrected chi connectivity index (χ3v) is 2.65. The van der Waals surface area contributed by atoms with Crippen molar-refractivity contribution in [3.63, 3.8) is 0 Å². The molecule has 0 spiro atoms. The van der Waals surface area contributed by atoms with Crippen LogP contribution < -0.4 is 0 Å². The SMILES string of the molecule is C#C/C=C(\C)C(C)=O.C=CC(=N)CCCCC.CCCC. The van der Waals surface area contributed by atoms with E-state index in [1.165, 1.54) is 38.7 Å². The van der Waals surface area contributed by atoms with Crippen LogP contribution in [0, 0.1) is 17.8 Å². The van der Waals surface area contributed by atoms with E-state index < -0.39 is 0 Å². The maximum atomic E-state index is 10.4. The van der Waals surface area contributed by atoms with Gasteiger partial charge < -0.3 is 5.41 Å². The summed E-state index contributed by atoms with van der Waals surface area (Å²) < 4.78 is 0. The Morgan fingerprint density at radius 2 is 1.67 bits per heavy atom. The average Bonchev–Trinajstić information content (AvgIpc) is 2.48. The van der Waals surface area contributed by atoms with Gasteiger partial charge in [-0.15, -0.1) is 6.42 Å². The molecule has 0 amide bonds. The lowest BCUT2D eigenvalue weighted by atomic mass is 10.1. The molecule has 0 radical (unpaired) electrons. The van der Waals surface area contributed by atoms with E-state index in [1.54, 1.807) is 13.0 Å². The van der Waals surface area contributed by atoms with Gasteiger partial charge in [-0.2, -0.15) is 0 Å². The number of nitrogens with one attached hydrogen (secondary N) is 1. The Balaban J connectivity index is -0.000000249. The first-order valence-corrected chi connectivity index (χ1v) is 7.74. The van der Waals surface area contributed by atoms with Crippen LogP contribution in [0.1, 0.15) is 73.1 Å². The van der Waals surface area contributed by atoms with Gasteiger partial charge in [0.15, 0.2) is 5.78 Å². The highest BCUT2D eigenvalue weighted by Gasteiger charge is 1.90. The van der Waals surface area contributed by atoms with Crippen molar-refractivity contribution in [1.82, 2.24) is 0 Å². The Morgan fingerprint density at radius 1 is 1.14 bits per heavy atom. The number of carbonyl (C=O) groups excluding carboxylic acids is 1. The van der Waals surface area contributed by atoms with E-state index in [0.717, 1.165) is 12.8 Å². The van der Waals surface area contributed by atoms with Crippen LogP contribution in [0.2, 0.25) is 0 Å². The number of Topliss-reactive ketones (excluding diaryl/α,β-unsaturated/α-hetero) is 1. The monoisotopic (exact) mass is 291 g/mol. The Kier molecular flexibility index (Phi) is 24.0. The lowest BCUT2D eigenvalue weighted by Gasteiger charge is -1.94. The van der Waals surface area contributed by atoms with Crippen molar-refractivity contribution >= 4 is 11.5 Å². The van der Waals surface area contributed by atoms with E-state index in [-0.39, 0.29) is 5.78 Å². The first-order chi connectivity index (χ1) is 9.90. The number of allylic oxidation sites excluding steroid dienone is 3. The number of ketones is 1. The maximum absolute atomic E-state index is 10.4. The van der Waals surface area contributed by atoms with Crippen LogP contribution in [-0.4, -0.2) is 11.5 Å². The van der Waals surface area contributed by atoms with Crippen molar-refractivity contribution in [2.75, 3.05) is 0 Å². The van der Waals surface area contributed by atoms with E-state index in [9.17, 15) is 4.79 Å². The quantitative estimate of drug-likeness (QED) is 0.276. The topological polar surface area (TPSA) is 40.9 Å². The van der Waals surface area contributed by atoms with Gasteiger partial charge in [0.25, 0.3) is 0 Å². The molecule has 0 bridgehead atoms. The fourth-order valence-corrected chi connectivity index (χ4v) is 0.894. The van der Waals surface area contributed by atoms with Gasteiger partial charge in [-0.05, 0) is 38.8 Å². The zero-order valence-corrected chi connectivity index (χ0v) is 14.6. The van der Waals surface area contributed by atoms with Crippen LogP contribution in [0.3, 0.4) is 0 Å². The number of unbranched alkanes of at least 4 members (excludes halogenated alkanes) is 3. The summed E-state index contributed by atoms with van der Waals surface area (Å²) in [6.07, 6.45) is 15.1. The third-order valence-electron chi connectivity index (χ3n) is 2.65. The van der Waals surface area contributed by atoms with Gasteiger partial charge in [-0.3, -0.25) is 4.79 Å². The fraction of sp³-hybridized carbons (Fsp3) is 0.579. The molecule has 0 aromatic rings. The lowest BCUT2D eigenvalue weighted by molar-refractivity contribution is -0.113. The van der Waals surface area contributed by atoms with Crippen molar-refractivity contribution in [3.8, 4) is 12.3 Å². The average molecular weight is 291 g/mol. The van der Waals surface area contributed by atoms with Crippen molar-refractivity contribution in [2.24, 2.45) is 0 Å². The summed E-state index contributed by atoms with van der Waals surface area (Å²) in [6.45, 7) is 13.2. The Bertz CT molecular complexity index is 343. The van der Waals surface area contributed by atoms with Gasteiger partial charge in [0.05, 0.1) is 0 Å². The van der Waals surface area contributed by atoms with Crippen LogP contribution in [0.5, 0.6) is 0 Å². The number of rotatable bonds is 7. The molecule has 0 aliphatic rings. The molecule has 0 atom stereocenters. The summed E-state index contributed by atoms with van der Waals surface area (Å²) >= 11 is 0. The molecular formula is C19H33NO. The number of carbonyl (C=O) groups is 1. The van der Waals surface area contributed by atoms with Crippen LogP contribution in [-0.2, 0) is 4.79 Å². The zero-order chi connectivity index (χ0) is 17.1. The van der Waals surface area contributed by atoms with E-state index in [1.807, 2.05) is 0 Å². The molecule has 0 aromatic carbocycles. The Labute approximate surface area is 132 Å². The lowest BCUT2D eigenvalue weighted by Crippen LogP contribution is -1.89. The smallest absolute Gasteiger partial charge is 0.156 e. The number of hydrogen-bond acceptors (Lipinski definition) is 2. The van der Waals surface area contributed by atoms with Crippen molar-refractivity contribution in [2.45, 2.75) is 73.1 Å². The van der Waals surface area contributed by atoms with Crippen LogP contribution in [0.15, 0.2) is 24.3 Å². The second-order valence-corrected chi connectivity index (χ2v) is 4.74. The highest BCUT2D eigenvalue weighted by molar-refractivity contribution is 5.93. The first kappa shape index (κ1) is 24.4. The summed E-state index contributed by atoms with van der Waals surface area (Å²) in [7, 11) is 0. The van der Waals surface area contributed by atoms with Gasteiger partial charge in [0, 0.05) is 11.3 Å². The molecule has 0 aliphatic carbocycles. The second-order valence-electron chi connectivity index (χ2n) is 4.74. The molecule has 120 valence electrons. The zero-order valence-electron chi connectivity index (χ0n) is 14.6. The molecule has 0 aliphatic heterocycles. The minimum atomic E-state index is 0.0305. The summed E-state index contributed by atoms with van der Waals surface area (Å²) in [5, 5.41) is 7.20. The first-order valence-electron chi connectivity index (χ1n) is 7.74. The molecule has 0 saturated heterocycles. The van der Waals surface area contributed by atoms with E-state index >= 15 is 0 Å². The highest BCUT2D eigenvalue weighted by Crippen LogP contribution is 1.99. The van der Waals surface area contributed by atoms with Crippen LogP contribution in [0.25, 0.3) is 0 Å². The van der Waals surface area contributed by atoms with Crippen molar-refractivity contribution in [1.29, 1.82) is 5.41 Å². The molecule has 2 nitrogen and oxygen atoms in total. The van der Waals surface area contributed by atoms with E-state index in [4.69, 9.17) is 11.8 Å². The van der Waals surface area contributed by atoms with E-state index in [2.05, 4.69) is 33.3 Å². The normalized spacial score (nSPS) is 9.24. The van der Waals surface area contributed by atoms with Gasteiger partial charge in [0.1, 0.15) is 0 Å². The molecule has 0 saturated carbocycles. The molecule has 2 heteroatoms. The summed E-state index contributed by atoms with van der Waals surface area (Å²) in [5.41, 5.74) is 1.30. The van der Waals surface area contributed by atoms with Crippen molar-refractivity contribution < 1.29 is 4.79 Å². The summed E-state index contributed by atoms with van der Waals surface area (Å²) in [4.78, 5) is 10.4. The predicted octanol–water partition coefficient (Wildman–Crippen LogP) is 5.73. The summed E-state index contributed by atoms with van der Waals surface area (Å²) in [5.74, 6) is 2.30. The van der Waals surface area contributed by atoms with E-state index in [0.29, 0.717) is 11.3 Å². The van der Waals surface area contributed by atoms with Gasteiger partial charge in [0.2, 0.25) is 0 Å². The van der Waals surface area contributed by atoms with Crippen molar-refractivity contribution in [3.05, 3.63) is 24.3 Å². The largest absolute Gasteiger partial charge is 0.305 e. The standard InChI is InChI=1S/C8H15N.C7H8O.C4H10/c1-3-5-6-7-8(9)4-2;1-4-5-6(2)7(3)8;1-3-4-2/h4,9H,2-3,5-7H2,1H3;1,5H,2-3H3;3-4H2,1-2H3/b;6-5+;. The van der Waals surface area contributed by atoms with Gasteiger partial charge in [-0.1, -0.05) is 59.0 Å². The van der Waals surface area contributed by atoms with Gasteiger partial charge >= 0.3 is 0 Å². The molecule has 0 aromatic heterocycles. The minimum absolute atomic E-state index is 0.0305. The molecule has 21 heavy (non-hydrogen) atoms. The minimum Gasteiger partial charge on any atom is -0.305 e. The highest BCUT2D eigenvalue weighted by atomic mass is 16.1. The maximum Gasteiger partial charge on any atom is 0.156 e. The third kappa shape index (κ3) is 27.5. The van der Waals surface area contributed by atoms with Gasteiger partial charge in [-0.25, -0.2) is 0 Å². The van der Waals surface area contributed by atoms with Crippen LogP contribution >= 0.6 is 0 Å². The van der Waals surface area contributed by atoms with Crippen LogP contribution in [0.4, 0.5) is 0 Å². The number of hydrogen-bond donors (Lipinski definition) is 1. The molecule has 1 N–H and O–H groups in total. The predicted molar refractivity (Wildman–Crippen MR) is 95.9 cm³/mol. The summed E-state index contributed by atoms with van der Waals surface area (Å²) in [6, 6.07) is 0. The molecular weight excluding hydrogens is 258 g/mol. The second kappa shape index (κ2) is 20.7. The molecule has 0 unspecified atom stereocenters. The Morgan fingerprint density at radius 3 is 1.90 bits per heavy atom. The molecule has 0 heterocycles.